The lowest BCUT2D eigenvalue weighted by Crippen LogP contribution is -1.82. The predicted molar refractivity (Wildman–Crippen MR) is 57.1 cm³/mol. The summed E-state index contributed by atoms with van der Waals surface area (Å²) >= 11 is 0. The summed E-state index contributed by atoms with van der Waals surface area (Å²) in [5.74, 6) is 0. The van der Waals surface area contributed by atoms with Crippen LogP contribution in [0.2, 0.25) is 0 Å². The summed E-state index contributed by atoms with van der Waals surface area (Å²) in [5, 5.41) is 1.08. The van der Waals surface area contributed by atoms with Crippen molar-refractivity contribution in [1.82, 2.24) is 19.9 Å². The number of H-pyrrole nitrogens is 1. The van der Waals surface area contributed by atoms with E-state index in [0.29, 0.717) is 0 Å². The van der Waals surface area contributed by atoms with Gasteiger partial charge in [-0.25, -0.2) is 15.0 Å². The van der Waals surface area contributed by atoms with Crippen molar-refractivity contribution in [3.05, 3.63) is 43.1 Å². The van der Waals surface area contributed by atoms with Crippen molar-refractivity contribution in [1.29, 1.82) is 0 Å². The third-order valence-corrected chi connectivity index (χ3v) is 2.31. The molecule has 0 spiro atoms. The summed E-state index contributed by atoms with van der Waals surface area (Å²) in [6, 6.07) is 5.83. The molecule has 0 atom stereocenters. The third-order valence-electron chi connectivity index (χ3n) is 2.31. The van der Waals surface area contributed by atoms with Gasteiger partial charge < -0.3 is 4.98 Å². The van der Waals surface area contributed by atoms with Gasteiger partial charge in [0.2, 0.25) is 0 Å². The van der Waals surface area contributed by atoms with E-state index in [0.717, 1.165) is 22.3 Å². The number of rotatable bonds is 1. The van der Waals surface area contributed by atoms with Crippen molar-refractivity contribution in [2.45, 2.75) is 0 Å². The van der Waals surface area contributed by atoms with Crippen LogP contribution in [0.1, 0.15) is 0 Å². The molecule has 3 aromatic heterocycles. The lowest BCUT2D eigenvalue weighted by Gasteiger charge is -1.95. The first-order chi connectivity index (χ1) is 7.45. The zero-order valence-electron chi connectivity index (χ0n) is 7.88. The second kappa shape index (κ2) is 3.16. The maximum atomic E-state index is 4.23. The van der Waals surface area contributed by atoms with E-state index >= 15 is 0 Å². The van der Waals surface area contributed by atoms with Crippen molar-refractivity contribution < 1.29 is 0 Å². The van der Waals surface area contributed by atoms with Gasteiger partial charge >= 0.3 is 0 Å². The topological polar surface area (TPSA) is 54.5 Å². The number of nitrogens with one attached hydrogen (secondary N) is 1. The van der Waals surface area contributed by atoms with E-state index < -0.39 is 0 Å². The van der Waals surface area contributed by atoms with Crippen molar-refractivity contribution >= 4 is 11.0 Å². The van der Waals surface area contributed by atoms with Gasteiger partial charge in [-0.15, -0.1) is 0 Å². The number of nitrogens with zero attached hydrogens (tertiary/aromatic N) is 3. The molecule has 3 rings (SSSR count). The molecule has 0 fully saturated rings. The van der Waals surface area contributed by atoms with Gasteiger partial charge in [0.05, 0.1) is 5.69 Å². The molecule has 72 valence electrons. The highest BCUT2D eigenvalue weighted by Crippen LogP contribution is 2.24. The summed E-state index contributed by atoms with van der Waals surface area (Å²) in [7, 11) is 0. The summed E-state index contributed by atoms with van der Waals surface area (Å²) in [6.45, 7) is 0. The Kier molecular flexibility index (Phi) is 1.71. The smallest absolute Gasteiger partial charge is 0.137 e. The quantitative estimate of drug-likeness (QED) is 0.647. The Labute approximate surface area is 86.0 Å². The minimum atomic E-state index is 0.881. The van der Waals surface area contributed by atoms with Crippen LogP contribution in [0.3, 0.4) is 0 Å². The minimum Gasteiger partial charge on any atom is -0.345 e. The Morgan fingerprint density at radius 2 is 2.07 bits per heavy atom. The molecule has 0 unspecified atom stereocenters. The van der Waals surface area contributed by atoms with Crippen LogP contribution in [0.5, 0.6) is 0 Å². The molecule has 4 nitrogen and oxygen atoms in total. The molecule has 0 aliphatic rings. The summed E-state index contributed by atoms with van der Waals surface area (Å²) in [5.41, 5.74) is 2.84. The Balaban J connectivity index is 2.28. The fourth-order valence-electron chi connectivity index (χ4n) is 1.62. The van der Waals surface area contributed by atoms with Gasteiger partial charge in [0.15, 0.2) is 0 Å². The van der Waals surface area contributed by atoms with Crippen molar-refractivity contribution in [3.8, 4) is 11.3 Å². The van der Waals surface area contributed by atoms with E-state index in [4.69, 9.17) is 0 Å². The lowest BCUT2D eigenvalue weighted by molar-refractivity contribution is 1.17. The standard InChI is InChI=1S/C11H8N4/c1-2-8-9(6-14-11(8)13-4-1)10-3-5-12-7-15-10/h1-7H,(H,13,14). The van der Waals surface area contributed by atoms with Crippen LogP contribution < -0.4 is 0 Å². The highest BCUT2D eigenvalue weighted by Gasteiger charge is 2.06. The van der Waals surface area contributed by atoms with Gasteiger partial charge in [-0.3, -0.25) is 0 Å². The Bertz CT molecular complexity index is 586. The fraction of sp³-hybridized carbons (Fsp3) is 0. The summed E-state index contributed by atoms with van der Waals surface area (Å²) in [6.07, 6.45) is 6.96. The fourth-order valence-corrected chi connectivity index (χ4v) is 1.62. The second-order valence-electron chi connectivity index (χ2n) is 3.20. The molecule has 1 N–H and O–H groups in total. The van der Waals surface area contributed by atoms with E-state index in [9.17, 15) is 0 Å². The molecule has 15 heavy (non-hydrogen) atoms. The maximum Gasteiger partial charge on any atom is 0.137 e. The van der Waals surface area contributed by atoms with Crippen LogP contribution in [-0.2, 0) is 0 Å². The molecule has 0 amide bonds. The molecule has 0 aromatic carbocycles. The van der Waals surface area contributed by atoms with Crippen LogP contribution in [0.15, 0.2) is 43.1 Å². The van der Waals surface area contributed by atoms with Crippen molar-refractivity contribution in [3.63, 3.8) is 0 Å². The molecule has 0 saturated heterocycles. The van der Waals surface area contributed by atoms with E-state index in [1.807, 2.05) is 24.4 Å². The Morgan fingerprint density at radius 3 is 2.93 bits per heavy atom. The maximum absolute atomic E-state index is 4.23. The van der Waals surface area contributed by atoms with Gasteiger partial charge in [-0.05, 0) is 18.2 Å². The second-order valence-corrected chi connectivity index (χ2v) is 3.20. The van der Waals surface area contributed by atoms with Crippen LogP contribution in [0.25, 0.3) is 22.3 Å². The number of hydrogen-bond donors (Lipinski definition) is 1. The lowest BCUT2D eigenvalue weighted by atomic mass is 10.1. The number of aromatic nitrogens is 4. The number of aromatic amines is 1. The molecular formula is C11H8N4. The molecule has 3 heterocycles. The van der Waals surface area contributed by atoms with Gasteiger partial charge in [-0.1, -0.05) is 0 Å². The van der Waals surface area contributed by atoms with Gasteiger partial charge in [0.25, 0.3) is 0 Å². The van der Waals surface area contributed by atoms with Crippen LogP contribution in [0.4, 0.5) is 0 Å². The zero-order chi connectivity index (χ0) is 10.1. The Morgan fingerprint density at radius 1 is 1.07 bits per heavy atom. The normalized spacial score (nSPS) is 10.7. The van der Waals surface area contributed by atoms with Crippen LogP contribution in [-0.4, -0.2) is 19.9 Å². The van der Waals surface area contributed by atoms with Crippen molar-refractivity contribution in [2.24, 2.45) is 0 Å². The molecule has 0 saturated carbocycles. The molecule has 0 aliphatic heterocycles. The molecule has 0 radical (unpaired) electrons. The average molecular weight is 196 g/mol. The summed E-state index contributed by atoms with van der Waals surface area (Å²) in [4.78, 5) is 15.5. The first-order valence-corrected chi connectivity index (χ1v) is 4.63. The summed E-state index contributed by atoms with van der Waals surface area (Å²) < 4.78 is 0. The Hall–Kier alpha value is -2.23. The van der Waals surface area contributed by atoms with Gasteiger partial charge in [-0.2, -0.15) is 0 Å². The molecule has 4 heteroatoms. The highest BCUT2D eigenvalue weighted by atomic mass is 14.9. The number of fused-ring (bicyclic) bond motifs is 1. The molecule has 0 aliphatic carbocycles. The van der Waals surface area contributed by atoms with Crippen LogP contribution >= 0.6 is 0 Å². The van der Waals surface area contributed by atoms with Gasteiger partial charge in [0, 0.05) is 29.5 Å². The first kappa shape index (κ1) is 8.11. The van der Waals surface area contributed by atoms with Gasteiger partial charge in [0.1, 0.15) is 12.0 Å². The molecule has 0 bridgehead atoms. The van der Waals surface area contributed by atoms with Crippen molar-refractivity contribution in [2.75, 3.05) is 0 Å². The highest BCUT2D eigenvalue weighted by molar-refractivity contribution is 5.92. The largest absolute Gasteiger partial charge is 0.345 e. The number of pyridine rings is 1. The monoisotopic (exact) mass is 196 g/mol. The zero-order valence-corrected chi connectivity index (χ0v) is 7.88. The third kappa shape index (κ3) is 1.27. The average Bonchev–Trinajstić information content (AvgIpc) is 2.74. The number of hydrogen-bond acceptors (Lipinski definition) is 3. The van der Waals surface area contributed by atoms with E-state index in [2.05, 4.69) is 19.9 Å². The minimum absolute atomic E-state index is 0.881. The van der Waals surface area contributed by atoms with E-state index in [-0.39, 0.29) is 0 Å². The molecule has 3 aromatic rings. The SMILES string of the molecule is c1cnc2[nH]cc(-c3ccncn3)c2c1. The predicted octanol–water partition coefficient (Wildman–Crippen LogP) is 2.02. The van der Waals surface area contributed by atoms with E-state index in [1.165, 1.54) is 0 Å². The first-order valence-electron chi connectivity index (χ1n) is 4.63. The van der Waals surface area contributed by atoms with Crippen LogP contribution in [0, 0.1) is 0 Å². The molecular weight excluding hydrogens is 188 g/mol. The van der Waals surface area contributed by atoms with E-state index in [1.54, 1.807) is 18.7 Å².